The summed E-state index contributed by atoms with van der Waals surface area (Å²) >= 11 is 5.97. The number of hydrogen-bond acceptors (Lipinski definition) is 7. The molecule has 1 saturated heterocycles. The quantitative estimate of drug-likeness (QED) is 0.375. The zero-order chi connectivity index (χ0) is 24.9. The first-order valence-corrected chi connectivity index (χ1v) is 11.7. The van der Waals surface area contributed by atoms with Gasteiger partial charge in [0.15, 0.2) is 0 Å². The lowest BCUT2D eigenvalue weighted by molar-refractivity contribution is -0.145. The Labute approximate surface area is 207 Å². The van der Waals surface area contributed by atoms with E-state index in [9.17, 15) is 14.4 Å². The summed E-state index contributed by atoms with van der Waals surface area (Å²) in [5.74, 6) is -1.63. The predicted molar refractivity (Wildman–Crippen MR) is 130 cm³/mol. The molecule has 4 rings (SSSR count). The Kier molecular flexibility index (Phi) is 7.80. The van der Waals surface area contributed by atoms with Crippen LogP contribution in [-0.4, -0.2) is 70.9 Å². The Morgan fingerprint density at radius 3 is 2.54 bits per heavy atom. The number of H-pyrrole nitrogens is 1. The molecule has 35 heavy (non-hydrogen) atoms. The number of carbonyl (C=O) groups excluding carboxylic acids is 2. The second-order valence-electron chi connectivity index (χ2n) is 8.40. The highest BCUT2D eigenvalue weighted by atomic mass is 35.5. The van der Waals surface area contributed by atoms with Crippen LogP contribution in [0.1, 0.15) is 38.9 Å². The molecule has 1 aromatic carbocycles. The largest absolute Gasteiger partial charge is 0.464 e. The van der Waals surface area contributed by atoms with E-state index in [2.05, 4.69) is 15.1 Å². The van der Waals surface area contributed by atoms with Crippen molar-refractivity contribution in [2.75, 3.05) is 39.5 Å². The van der Waals surface area contributed by atoms with Gasteiger partial charge in [0.1, 0.15) is 12.5 Å². The summed E-state index contributed by atoms with van der Waals surface area (Å²) in [6.07, 6.45) is 0. The smallest absolute Gasteiger partial charge is 0.321 e. The number of nitrogens with zero attached hydrogens (tertiary/aromatic N) is 3. The monoisotopic (exact) mass is 498 g/mol. The minimum atomic E-state index is -0.924. The van der Waals surface area contributed by atoms with Gasteiger partial charge in [0.25, 0.3) is 5.56 Å². The highest BCUT2D eigenvalue weighted by molar-refractivity contribution is 6.30. The minimum Gasteiger partial charge on any atom is -0.464 e. The number of aryl methyl sites for hydroxylation is 1. The van der Waals surface area contributed by atoms with Crippen molar-refractivity contribution in [3.05, 3.63) is 86.0 Å². The van der Waals surface area contributed by atoms with Gasteiger partial charge in [0.2, 0.25) is 5.78 Å². The van der Waals surface area contributed by atoms with Gasteiger partial charge in [-0.25, -0.2) is 5.10 Å². The molecule has 1 fully saturated rings. The van der Waals surface area contributed by atoms with Crippen molar-refractivity contribution in [1.82, 2.24) is 19.7 Å². The highest BCUT2D eigenvalue weighted by Gasteiger charge is 2.31. The Bertz CT molecular complexity index is 1240. The van der Waals surface area contributed by atoms with Crippen molar-refractivity contribution in [2.24, 2.45) is 7.05 Å². The van der Waals surface area contributed by atoms with E-state index in [-0.39, 0.29) is 17.9 Å². The first kappa shape index (κ1) is 24.8. The molecule has 1 aliphatic rings. The van der Waals surface area contributed by atoms with Crippen LogP contribution >= 0.6 is 11.6 Å². The molecule has 0 radical (unpaired) electrons. The van der Waals surface area contributed by atoms with E-state index in [1.807, 2.05) is 6.92 Å². The van der Waals surface area contributed by atoms with Crippen LogP contribution in [-0.2, 0) is 21.3 Å². The van der Waals surface area contributed by atoms with E-state index >= 15 is 0 Å². The first-order valence-electron chi connectivity index (χ1n) is 11.3. The number of ketones is 1. The molecule has 0 bridgehead atoms. The van der Waals surface area contributed by atoms with Crippen LogP contribution in [0.3, 0.4) is 0 Å². The van der Waals surface area contributed by atoms with Crippen molar-refractivity contribution in [2.45, 2.75) is 12.8 Å². The molecule has 0 spiro atoms. The molecule has 1 aliphatic heterocycles. The fraction of sp³-hybridized carbons (Fsp3) is 0.360. The molecule has 9 nitrogen and oxygen atoms in total. The maximum absolute atomic E-state index is 13.3. The Balaban J connectivity index is 1.63. The maximum atomic E-state index is 13.3. The molecule has 184 valence electrons. The second kappa shape index (κ2) is 11.0. The summed E-state index contributed by atoms with van der Waals surface area (Å²) in [6, 6.07) is 11.2. The van der Waals surface area contributed by atoms with Gasteiger partial charge in [-0.3, -0.25) is 19.3 Å². The van der Waals surface area contributed by atoms with Crippen molar-refractivity contribution in [1.29, 1.82) is 0 Å². The number of esters is 1. The molecular formula is C25H27ClN4O5. The van der Waals surface area contributed by atoms with Crippen LogP contribution in [0.25, 0.3) is 0 Å². The van der Waals surface area contributed by atoms with Crippen LogP contribution in [0.4, 0.5) is 0 Å². The lowest BCUT2D eigenvalue weighted by Gasteiger charge is -2.26. The molecule has 1 unspecified atom stereocenters. The molecule has 0 saturated carbocycles. The number of rotatable bonds is 8. The average Bonchev–Trinajstić information content (AvgIpc) is 3.14. The molecule has 3 aromatic rings. The summed E-state index contributed by atoms with van der Waals surface area (Å²) in [5.41, 5.74) is 2.12. The van der Waals surface area contributed by atoms with Gasteiger partial charge >= 0.3 is 5.97 Å². The summed E-state index contributed by atoms with van der Waals surface area (Å²) in [7, 11) is 1.73. The number of halogens is 1. The fourth-order valence-electron chi connectivity index (χ4n) is 4.22. The summed E-state index contributed by atoms with van der Waals surface area (Å²) in [4.78, 5) is 40.3. The highest BCUT2D eigenvalue weighted by Crippen LogP contribution is 2.29. The van der Waals surface area contributed by atoms with Crippen molar-refractivity contribution >= 4 is 23.4 Å². The summed E-state index contributed by atoms with van der Waals surface area (Å²) in [5, 5.41) is 7.01. The Morgan fingerprint density at radius 1 is 1.17 bits per heavy atom. The number of ether oxygens (including phenoxy) is 2. The number of aromatic amines is 1. The van der Waals surface area contributed by atoms with E-state index in [1.54, 1.807) is 41.9 Å². The molecule has 1 N–H and O–H groups in total. The normalized spacial score (nSPS) is 15.1. The second-order valence-corrected chi connectivity index (χ2v) is 8.83. The lowest BCUT2D eigenvalue weighted by Crippen LogP contribution is -2.38. The number of morpholine rings is 1. The molecule has 10 heteroatoms. The summed E-state index contributed by atoms with van der Waals surface area (Å²) < 4.78 is 12.7. The Morgan fingerprint density at radius 2 is 1.89 bits per heavy atom. The number of hydrogen-bond donors (Lipinski definition) is 1. The zero-order valence-electron chi connectivity index (χ0n) is 19.6. The summed E-state index contributed by atoms with van der Waals surface area (Å²) in [6.45, 7) is 5.50. The average molecular weight is 499 g/mol. The van der Waals surface area contributed by atoms with Gasteiger partial charge in [-0.2, -0.15) is 5.10 Å². The van der Waals surface area contributed by atoms with Gasteiger partial charge in [-0.05, 0) is 48.9 Å². The van der Waals surface area contributed by atoms with Gasteiger partial charge in [-0.1, -0.05) is 11.6 Å². The van der Waals surface area contributed by atoms with Crippen LogP contribution in [0.15, 0.2) is 47.3 Å². The standard InChI is InChI=1S/C25H27ClN4O5/c1-16-15-20(29(2)23(16)24(32)17-3-5-18(26)6-4-17)22(19-7-8-21(31)28-27-19)25(33)35-14-11-30-9-12-34-13-10-30/h3-8,15,22H,9-14H2,1-2H3,(H,28,31). The third-order valence-electron chi connectivity index (χ3n) is 6.07. The molecule has 3 heterocycles. The minimum absolute atomic E-state index is 0.193. The third-order valence-corrected chi connectivity index (χ3v) is 6.32. The van der Waals surface area contributed by atoms with Crippen molar-refractivity contribution in [3.8, 4) is 0 Å². The topological polar surface area (TPSA) is 107 Å². The number of benzene rings is 1. The van der Waals surface area contributed by atoms with E-state index in [4.69, 9.17) is 21.1 Å². The van der Waals surface area contributed by atoms with Crippen LogP contribution in [0.2, 0.25) is 5.02 Å². The predicted octanol–water partition coefficient (Wildman–Crippen LogP) is 2.31. The SMILES string of the molecule is Cc1cc(C(C(=O)OCCN2CCOCC2)c2ccc(=O)[nH]n2)n(C)c1C(=O)c1ccc(Cl)cc1. The van der Waals surface area contributed by atoms with E-state index in [0.29, 0.717) is 53.0 Å². The van der Waals surface area contributed by atoms with Gasteiger partial charge in [0, 0.05) is 49.0 Å². The number of carbonyl (C=O) groups is 2. The Hall–Kier alpha value is -3.27. The molecule has 0 amide bonds. The van der Waals surface area contributed by atoms with Crippen molar-refractivity contribution < 1.29 is 19.1 Å². The lowest BCUT2D eigenvalue weighted by atomic mass is 10.0. The third kappa shape index (κ3) is 5.70. The molecule has 2 aromatic heterocycles. The van der Waals surface area contributed by atoms with Gasteiger partial charge < -0.3 is 14.0 Å². The van der Waals surface area contributed by atoms with E-state index in [0.717, 1.165) is 13.1 Å². The van der Waals surface area contributed by atoms with Crippen LogP contribution in [0.5, 0.6) is 0 Å². The maximum Gasteiger partial charge on any atom is 0.321 e. The van der Waals surface area contributed by atoms with Crippen molar-refractivity contribution in [3.63, 3.8) is 0 Å². The van der Waals surface area contributed by atoms with E-state index < -0.39 is 11.9 Å². The molecule has 0 aliphatic carbocycles. The molecule has 1 atom stereocenters. The van der Waals surface area contributed by atoms with Crippen LogP contribution < -0.4 is 5.56 Å². The number of nitrogens with one attached hydrogen (secondary N) is 1. The molecular weight excluding hydrogens is 472 g/mol. The van der Waals surface area contributed by atoms with Gasteiger partial charge in [-0.15, -0.1) is 0 Å². The zero-order valence-corrected chi connectivity index (χ0v) is 20.4. The fourth-order valence-corrected chi connectivity index (χ4v) is 4.35. The van der Waals surface area contributed by atoms with Gasteiger partial charge in [0.05, 0.1) is 24.6 Å². The van der Waals surface area contributed by atoms with E-state index in [1.165, 1.54) is 12.1 Å². The van der Waals surface area contributed by atoms with Crippen LogP contribution in [0, 0.1) is 6.92 Å². The number of aromatic nitrogens is 3. The first-order chi connectivity index (χ1) is 16.8.